The maximum atomic E-state index is 12.6. The van der Waals surface area contributed by atoms with Crippen molar-refractivity contribution in [1.29, 1.82) is 0 Å². The van der Waals surface area contributed by atoms with Crippen molar-refractivity contribution >= 4 is 13.8 Å². The number of phosphoric acid groups is 1. The van der Waals surface area contributed by atoms with Gasteiger partial charge < -0.3 is 24.6 Å². The second kappa shape index (κ2) is 40.8. The van der Waals surface area contributed by atoms with Crippen LogP contribution in [0.4, 0.5) is 0 Å². The van der Waals surface area contributed by atoms with Crippen molar-refractivity contribution in [3.8, 4) is 0 Å². The predicted molar refractivity (Wildman–Crippen MR) is 223 cm³/mol. The molecule has 0 aliphatic heterocycles. The number of hydrogen-bond donors (Lipinski definition) is 3. The molecule has 0 aromatic carbocycles. The molecule has 0 heterocycles. The molecule has 9 nitrogen and oxygen atoms in total. The molecule has 10 heteroatoms. The first-order valence-corrected chi connectivity index (χ1v) is 22.8. The third-order valence-electron chi connectivity index (χ3n) is 8.69. The van der Waals surface area contributed by atoms with E-state index in [1.54, 1.807) is 0 Å². The van der Waals surface area contributed by atoms with E-state index in [2.05, 4.69) is 74.6 Å². The molecule has 54 heavy (non-hydrogen) atoms. The number of aliphatic hydroxyl groups is 2. The maximum absolute atomic E-state index is 12.6. The minimum absolute atomic E-state index is 0.0361. The lowest BCUT2D eigenvalue weighted by Crippen LogP contribution is -2.29. The Kier molecular flexibility index (Phi) is 39.4. The highest BCUT2D eigenvalue weighted by atomic mass is 31.2. The van der Waals surface area contributed by atoms with Crippen LogP contribution in [0.2, 0.25) is 0 Å². The van der Waals surface area contributed by atoms with Crippen molar-refractivity contribution < 1.29 is 43.0 Å². The SMILES string of the molecule is CC/C=C\C/C=C\C/C=C\C/C=C\CCCCCCCCCOCC(COP(=O)(O)OCC(O)CO)OC(=O)CCCCCCC/C=C\CCCCCC. The molecule has 0 radical (unpaired) electrons. The van der Waals surface area contributed by atoms with Gasteiger partial charge in [-0.1, -0.05) is 145 Å². The molecule has 0 aliphatic rings. The normalized spacial score (nSPS) is 14.7. The van der Waals surface area contributed by atoms with Gasteiger partial charge in [-0.25, -0.2) is 4.57 Å². The highest BCUT2D eigenvalue weighted by molar-refractivity contribution is 7.47. The molecule has 0 rings (SSSR count). The lowest BCUT2D eigenvalue weighted by Gasteiger charge is -2.20. The first-order chi connectivity index (χ1) is 26.3. The number of esters is 1. The van der Waals surface area contributed by atoms with Crippen LogP contribution in [0, 0.1) is 0 Å². The second-order valence-corrected chi connectivity index (χ2v) is 15.4. The van der Waals surface area contributed by atoms with Gasteiger partial charge in [-0.05, 0) is 77.0 Å². The lowest BCUT2D eigenvalue weighted by atomic mass is 10.1. The van der Waals surface area contributed by atoms with E-state index >= 15 is 0 Å². The fourth-order valence-corrected chi connectivity index (χ4v) is 6.25. The number of unbranched alkanes of at least 4 members (excludes halogenated alkanes) is 16. The van der Waals surface area contributed by atoms with Gasteiger partial charge in [-0.3, -0.25) is 13.8 Å². The molecule has 314 valence electrons. The van der Waals surface area contributed by atoms with E-state index in [4.69, 9.17) is 23.6 Å². The van der Waals surface area contributed by atoms with Gasteiger partial charge >= 0.3 is 13.8 Å². The van der Waals surface area contributed by atoms with Gasteiger partial charge in [0, 0.05) is 13.0 Å². The van der Waals surface area contributed by atoms with Crippen molar-refractivity contribution in [2.75, 3.05) is 33.0 Å². The zero-order valence-corrected chi connectivity index (χ0v) is 35.1. The molecule has 0 bridgehead atoms. The molecule has 0 spiro atoms. The summed E-state index contributed by atoms with van der Waals surface area (Å²) in [5.74, 6) is -0.399. The summed E-state index contributed by atoms with van der Waals surface area (Å²) in [6.07, 6.45) is 46.0. The Morgan fingerprint density at radius 1 is 0.593 bits per heavy atom. The Morgan fingerprint density at radius 3 is 1.61 bits per heavy atom. The number of ether oxygens (including phenoxy) is 2. The highest BCUT2D eigenvalue weighted by Gasteiger charge is 2.26. The van der Waals surface area contributed by atoms with Gasteiger partial charge in [0.25, 0.3) is 0 Å². The zero-order valence-electron chi connectivity index (χ0n) is 34.2. The van der Waals surface area contributed by atoms with E-state index in [1.165, 1.54) is 57.8 Å². The fourth-order valence-electron chi connectivity index (χ4n) is 5.46. The van der Waals surface area contributed by atoms with Crippen LogP contribution in [-0.4, -0.2) is 66.3 Å². The first-order valence-electron chi connectivity index (χ1n) is 21.3. The number of allylic oxidation sites excluding steroid dienone is 10. The summed E-state index contributed by atoms with van der Waals surface area (Å²) in [7, 11) is -4.52. The Morgan fingerprint density at radius 2 is 1.06 bits per heavy atom. The minimum atomic E-state index is -4.52. The first kappa shape index (κ1) is 52.2. The van der Waals surface area contributed by atoms with Crippen molar-refractivity contribution in [2.45, 2.75) is 180 Å². The number of carbonyl (C=O) groups excluding carboxylic acids is 1. The smallest absolute Gasteiger partial charge is 0.457 e. The summed E-state index contributed by atoms with van der Waals surface area (Å²) < 4.78 is 33.3. The Bertz CT molecular complexity index is 1020. The molecule has 0 aromatic rings. The minimum Gasteiger partial charge on any atom is -0.457 e. The quantitative estimate of drug-likeness (QED) is 0.0240. The predicted octanol–water partition coefficient (Wildman–Crippen LogP) is 11.6. The standard InChI is InChI=1S/C44H79O9P/c1-3-5-7-9-11-13-15-17-18-19-20-21-22-23-25-27-29-31-33-35-37-50-40-43(41-52-54(48,49)51-39-42(46)38-45)53-44(47)36-34-32-30-28-26-24-16-14-12-10-8-6-4-2/h5,7,11,13-14,16-18,20-21,42-43,45-46H,3-4,6,8-10,12,15,19,22-41H2,1-2H3,(H,48,49)/b7-5-,13-11-,16-14-,18-17-,21-20-. The summed E-state index contributed by atoms with van der Waals surface area (Å²) in [6, 6.07) is 0. The van der Waals surface area contributed by atoms with Crippen LogP contribution in [0.25, 0.3) is 0 Å². The van der Waals surface area contributed by atoms with Gasteiger partial charge in [-0.2, -0.15) is 0 Å². The largest absolute Gasteiger partial charge is 0.472 e. The van der Waals surface area contributed by atoms with Gasteiger partial charge in [-0.15, -0.1) is 0 Å². The van der Waals surface area contributed by atoms with Crippen LogP contribution in [0.15, 0.2) is 60.8 Å². The molecule has 3 atom stereocenters. The molecule has 0 amide bonds. The van der Waals surface area contributed by atoms with E-state index in [-0.39, 0.29) is 19.6 Å². The van der Waals surface area contributed by atoms with Crippen LogP contribution in [0.5, 0.6) is 0 Å². The second-order valence-electron chi connectivity index (χ2n) is 14.0. The number of aliphatic hydroxyl groups excluding tert-OH is 2. The lowest BCUT2D eigenvalue weighted by molar-refractivity contribution is -0.154. The van der Waals surface area contributed by atoms with Crippen molar-refractivity contribution in [3.05, 3.63) is 60.8 Å². The van der Waals surface area contributed by atoms with E-state index in [9.17, 15) is 19.4 Å². The van der Waals surface area contributed by atoms with E-state index < -0.39 is 39.2 Å². The van der Waals surface area contributed by atoms with Crippen LogP contribution in [0.1, 0.15) is 168 Å². The van der Waals surface area contributed by atoms with Gasteiger partial charge in [0.15, 0.2) is 0 Å². The molecule has 0 aromatic heterocycles. The summed E-state index contributed by atoms with van der Waals surface area (Å²) >= 11 is 0. The Hall–Kier alpha value is -1.84. The molecule has 0 saturated heterocycles. The average Bonchev–Trinajstić information content (AvgIpc) is 3.16. The van der Waals surface area contributed by atoms with Gasteiger partial charge in [0.05, 0.1) is 26.4 Å². The summed E-state index contributed by atoms with van der Waals surface area (Å²) in [5, 5.41) is 18.3. The van der Waals surface area contributed by atoms with Crippen LogP contribution in [0.3, 0.4) is 0 Å². The highest BCUT2D eigenvalue weighted by Crippen LogP contribution is 2.43. The molecule has 3 unspecified atom stereocenters. The number of carbonyl (C=O) groups is 1. The number of rotatable bonds is 40. The maximum Gasteiger partial charge on any atom is 0.472 e. The summed E-state index contributed by atoms with van der Waals surface area (Å²) in [5.41, 5.74) is 0. The monoisotopic (exact) mass is 783 g/mol. The van der Waals surface area contributed by atoms with E-state index in [0.29, 0.717) is 13.0 Å². The zero-order chi connectivity index (χ0) is 39.6. The average molecular weight is 783 g/mol. The fraction of sp³-hybridized carbons (Fsp3) is 0.750. The third-order valence-corrected chi connectivity index (χ3v) is 9.64. The Balaban J connectivity index is 4.20. The molecule has 3 N–H and O–H groups in total. The third kappa shape index (κ3) is 39.8. The molecule has 0 fully saturated rings. The van der Waals surface area contributed by atoms with Crippen molar-refractivity contribution in [1.82, 2.24) is 0 Å². The van der Waals surface area contributed by atoms with Gasteiger partial charge in [0.1, 0.15) is 12.2 Å². The van der Waals surface area contributed by atoms with Crippen LogP contribution in [-0.2, 0) is 27.9 Å². The molecule has 0 aliphatic carbocycles. The van der Waals surface area contributed by atoms with Crippen molar-refractivity contribution in [3.63, 3.8) is 0 Å². The molecular formula is C44H79O9P. The Labute approximate surface area is 330 Å². The topological polar surface area (TPSA) is 132 Å². The molecule has 0 saturated carbocycles. The number of hydrogen-bond acceptors (Lipinski definition) is 8. The van der Waals surface area contributed by atoms with Crippen LogP contribution >= 0.6 is 7.82 Å². The molecular weight excluding hydrogens is 703 g/mol. The van der Waals surface area contributed by atoms with E-state index in [1.807, 2.05) is 0 Å². The summed E-state index contributed by atoms with van der Waals surface area (Å²) in [4.78, 5) is 22.5. The number of phosphoric ester groups is 1. The van der Waals surface area contributed by atoms with Gasteiger partial charge in [0.2, 0.25) is 0 Å². The van der Waals surface area contributed by atoms with E-state index in [0.717, 1.165) is 83.5 Å². The van der Waals surface area contributed by atoms with Crippen LogP contribution < -0.4 is 0 Å². The van der Waals surface area contributed by atoms with Crippen molar-refractivity contribution in [2.24, 2.45) is 0 Å². The summed E-state index contributed by atoms with van der Waals surface area (Å²) in [6.45, 7) is 3.34.